The number of oxazole rings is 1. The highest BCUT2D eigenvalue weighted by Gasteiger charge is 2.07. The van der Waals surface area contributed by atoms with E-state index in [9.17, 15) is 0 Å². The normalized spacial score (nSPS) is 12.8. The third-order valence-electron chi connectivity index (χ3n) is 2.91. The second-order valence-electron chi connectivity index (χ2n) is 4.57. The second-order valence-corrected chi connectivity index (χ2v) is 4.57. The third-order valence-corrected chi connectivity index (χ3v) is 2.91. The summed E-state index contributed by atoms with van der Waals surface area (Å²) in [4.78, 5) is 4.30. The molecule has 2 rings (SSSR count). The monoisotopic (exact) mass is 249 g/mol. The van der Waals surface area contributed by atoms with Crippen molar-refractivity contribution in [2.75, 3.05) is 24.2 Å². The number of nitrogens with two attached hydrogens (primary N) is 1. The number of rotatable bonds is 6. The molecule has 0 saturated heterocycles. The van der Waals surface area contributed by atoms with E-state index < -0.39 is 0 Å². The summed E-state index contributed by atoms with van der Waals surface area (Å²) in [5, 5.41) is 12.0. The number of nitrogens with one attached hydrogen (secondary N) is 1. The molecule has 2 aromatic rings. The Morgan fingerprint density at radius 3 is 3.06 bits per heavy atom. The summed E-state index contributed by atoms with van der Waals surface area (Å²) in [5.41, 5.74) is 7.82. The number of nitrogens with zero attached hydrogens (tertiary/aromatic N) is 1. The molecule has 4 N–H and O–H groups in total. The average molecular weight is 249 g/mol. The lowest BCUT2D eigenvalue weighted by Crippen LogP contribution is -2.06. The summed E-state index contributed by atoms with van der Waals surface area (Å²) in [5.74, 6) is 0.339. The molecule has 0 aliphatic heterocycles. The summed E-state index contributed by atoms with van der Waals surface area (Å²) in [6.45, 7) is 3.04. The van der Waals surface area contributed by atoms with Crippen LogP contribution in [0.3, 0.4) is 0 Å². The molecule has 0 saturated carbocycles. The van der Waals surface area contributed by atoms with Gasteiger partial charge in [-0.1, -0.05) is 13.0 Å². The predicted molar refractivity (Wildman–Crippen MR) is 72.4 cm³/mol. The summed E-state index contributed by atoms with van der Waals surface area (Å²) in [6, 6.07) is 5.99. The number of aliphatic hydroxyl groups excluding tert-OH is 1. The van der Waals surface area contributed by atoms with Crippen molar-refractivity contribution in [3.63, 3.8) is 0 Å². The molecule has 1 aromatic heterocycles. The first-order valence-electron chi connectivity index (χ1n) is 6.20. The number of anilines is 2. The highest BCUT2D eigenvalue weighted by Crippen LogP contribution is 2.23. The molecule has 0 aliphatic rings. The highest BCUT2D eigenvalue weighted by atomic mass is 16.4. The fourth-order valence-electron chi connectivity index (χ4n) is 1.78. The molecule has 98 valence electrons. The summed E-state index contributed by atoms with van der Waals surface area (Å²) in [6.07, 6.45) is 1.95. The molecule has 1 unspecified atom stereocenters. The lowest BCUT2D eigenvalue weighted by atomic mass is 10.1. The van der Waals surface area contributed by atoms with Crippen LogP contribution in [0.5, 0.6) is 0 Å². The van der Waals surface area contributed by atoms with Crippen LogP contribution in [0.1, 0.15) is 19.8 Å². The number of fused-ring (bicyclic) bond motifs is 1. The van der Waals surface area contributed by atoms with E-state index in [1.807, 2.05) is 19.1 Å². The molecule has 1 aromatic carbocycles. The number of hydrogen-bond acceptors (Lipinski definition) is 5. The average Bonchev–Trinajstić information content (AvgIpc) is 2.79. The Kier molecular flexibility index (Phi) is 4.04. The summed E-state index contributed by atoms with van der Waals surface area (Å²) < 4.78 is 5.53. The van der Waals surface area contributed by atoms with Crippen molar-refractivity contribution in [1.82, 2.24) is 4.98 Å². The topological polar surface area (TPSA) is 84.3 Å². The van der Waals surface area contributed by atoms with Gasteiger partial charge in [-0.2, -0.15) is 4.98 Å². The smallest absolute Gasteiger partial charge is 0.295 e. The lowest BCUT2D eigenvalue weighted by molar-refractivity contribution is 0.229. The molecule has 0 aliphatic carbocycles. The number of aromatic nitrogens is 1. The van der Waals surface area contributed by atoms with Crippen molar-refractivity contribution >= 4 is 22.8 Å². The molecule has 1 atom stereocenters. The Hall–Kier alpha value is -1.75. The van der Waals surface area contributed by atoms with Crippen molar-refractivity contribution < 1.29 is 9.52 Å². The number of aliphatic hydroxyl groups is 1. The molecule has 18 heavy (non-hydrogen) atoms. The quantitative estimate of drug-likeness (QED) is 0.540. The van der Waals surface area contributed by atoms with Crippen LogP contribution in [0.15, 0.2) is 22.6 Å². The van der Waals surface area contributed by atoms with Gasteiger partial charge in [0.2, 0.25) is 0 Å². The Bertz CT molecular complexity index is 510. The van der Waals surface area contributed by atoms with E-state index in [0.717, 1.165) is 19.4 Å². The first-order valence-corrected chi connectivity index (χ1v) is 6.20. The highest BCUT2D eigenvalue weighted by molar-refractivity contribution is 5.86. The molecule has 5 nitrogen and oxygen atoms in total. The lowest BCUT2D eigenvalue weighted by Gasteiger charge is -2.06. The van der Waals surface area contributed by atoms with Gasteiger partial charge in [-0.25, -0.2) is 0 Å². The van der Waals surface area contributed by atoms with E-state index in [4.69, 9.17) is 15.3 Å². The van der Waals surface area contributed by atoms with Crippen LogP contribution in [-0.2, 0) is 0 Å². The van der Waals surface area contributed by atoms with Crippen molar-refractivity contribution in [1.29, 1.82) is 0 Å². The molecule has 1 heterocycles. The Morgan fingerprint density at radius 1 is 1.50 bits per heavy atom. The van der Waals surface area contributed by atoms with Crippen molar-refractivity contribution in [3.8, 4) is 0 Å². The summed E-state index contributed by atoms with van der Waals surface area (Å²) >= 11 is 0. The molecule has 0 spiro atoms. The van der Waals surface area contributed by atoms with Crippen LogP contribution in [-0.4, -0.2) is 23.2 Å². The number of benzene rings is 1. The Morgan fingerprint density at radius 2 is 2.33 bits per heavy atom. The zero-order chi connectivity index (χ0) is 13.0. The zero-order valence-corrected chi connectivity index (χ0v) is 10.5. The van der Waals surface area contributed by atoms with E-state index >= 15 is 0 Å². The van der Waals surface area contributed by atoms with E-state index in [1.54, 1.807) is 6.07 Å². The third kappa shape index (κ3) is 2.92. The fraction of sp³-hybridized carbons (Fsp3) is 0.462. The van der Waals surface area contributed by atoms with E-state index in [2.05, 4.69) is 10.3 Å². The molecule has 5 heteroatoms. The largest absolute Gasteiger partial charge is 0.423 e. The number of nitrogen functional groups attached to an aromatic ring is 1. The van der Waals surface area contributed by atoms with Gasteiger partial charge in [0.25, 0.3) is 6.01 Å². The molecule has 0 radical (unpaired) electrons. The van der Waals surface area contributed by atoms with Crippen LogP contribution in [0, 0.1) is 5.92 Å². The van der Waals surface area contributed by atoms with Crippen molar-refractivity contribution in [2.24, 2.45) is 5.92 Å². The molecular weight excluding hydrogens is 230 g/mol. The van der Waals surface area contributed by atoms with Crippen molar-refractivity contribution in [2.45, 2.75) is 19.8 Å². The van der Waals surface area contributed by atoms with Gasteiger partial charge in [0.05, 0.1) is 5.69 Å². The minimum atomic E-state index is 0.236. The maximum atomic E-state index is 8.91. The van der Waals surface area contributed by atoms with Gasteiger partial charge in [0.1, 0.15) is 5.52 Å². The van der Waals surface area contributed by atoms with Crippen LogP contribution >= 0.6 is 0 Å². The second kappa shape index (κ2) is 5.73. The van der Waals surface area contributed by atoms with Gasteiger partial charge >= 0.3 is 0 Å². The van der Waals surface area contributed by atoms with Crippen LogP contribution in [0.4, 0.5) is 11.7 Å². The van der Waals surface area contributed by atoms with E-state index in [1.165, 1.54) is 0 Å². The Labute approximate surface area is 106 Å². The number of hydrogen-bond donors (Lipinski definition) is 3. The first kappa shape index (κ1) is 12.7. The minimum absolute atomic E-state index is 0.236. The fourth-order valence-corrected chi connectivity index (χ4v) is 1.78. The predicted octanol–water partition coefficient (Wildman–Crippen LogP) is 2.23. The SMILES string of the molecule is CC(CO)CCCNc1nc2c(N)cccc2o1. The zero-order valence-electron chi connectivity index (χ0n) is 10.5. The molecule has 0 bridgehead atoms. The molecular formula is C13H19N3O2. The van der Waals surface area contributed by atoms with Crippen molar-refractivity contribution in [3.05, 3.63) is 18.2 Å². The van der Waals surface area contributed by atoms with Gasteiger partial charge in [-0.3, -0.25) is 0 Å². The van der Waals surface area contributed by atoms with Crippen LogP contribution in [0.2, 0.25) is 0 Å². The standard InChI is InChI=1S/C13H19N3O2/c1-9(8-17)4-3-7-15-13-16-12-10(14)5-2-6-11(12)18-13/h2,5-6,9,17H,3-4,7-8,14H2,1H3,(H,15,16). The maximum absolute atomic E-state index is 8.91. The van der Waals surface area contributed by atoms with Crippen LogP contribution in [0.25, 0.3) is 11.1 Å². The van der Waals surface area contributed by atoms with Gasteiger partial charge in [0.15, 0.2) is 5.58 Å². The minimum Gasteiger partial charge on any atom is -0.423 e. The Balaban J connectivity index is 1.90. The van der Waals surface area contributed by atoms with Gasteiger partial charge in [-0.05, 0) is 30.9 Å². The number of para-hydroxylation sites is 1. The van der Waals surface area contributed by atoms with Gasteiger partial charge < -0.3 is 20.6 Å². The van der Waals surface area contributed by atoms with Crippen LogP contribution < -0.4 is 11.1 Å². The van der Waals surface area contributed by atoms with Gasteiger partial charge in [0, 0.05) is 13.2 Å². The first-order chi connectivity index (χ1) is 8.70. The maximum Gasteiger partial charge on any atom is 0.295 e. The van der Waals surface area contributed by atoms with E-state index in [-0.39, 0.29) is 6.61 Å². The summed E-state index contributed by atoms with van der Waals surface area (Å²) in [7, 11) is 0. The van der Waals surface area contributed by atoms with Gasteiger partial charge in [-0.15, -0.1) is 0 Å². The van der Waals surface area contributed by atoms with E-state index in [0.29, 0.717) is 28.7 Å². The molecule has 0 fully saturated rings. The molecule has 0 amide bonds.